The molecule has 0 aliphatic carbocycles. The number of amides is 2. The topological polar surface area (TPSA) is 96.0 Å². The van der Waals surface area contributed by atoms with Crippen molar-refractivity contribution < 1.29 is 22.7 Å². The Morgan fingerprint density at radius 1 is 0.950 bits per heavy atom. The van der Waals surface area contributed by atoms with Gasteiger partial charge >= 0.3 is 0 Å². The molecule has 0 bridgehead atoms. The Kier molecular flexibility index (Phi) is 10.3. The monoisotopic (exact) mass is 565 g/mol. The number of benzene rings is 3. The number of ether oxygens (including phenoxy) is 1. The molecule has 3 rings (SSSR count). The van der Waals surface area contributed by atoms with E-state index in [0.29, 0.717) is 17.0 Å². The summed E-state index contributed by atoms with van der Waals surface area (Å²) in [5.41, 5.74) is 2.73. The van der Waals surface area contributed by atoms with Crippen molar-refractivity contribution in [3.8, 4) is 5.75 Å². The first-order valence-corrected chi connectivity index (χ1v) is 14.8. The van der Waals surface area contributed by atoms with Crippen LogP contribution in [0, 0.1) is 13.8 Å². The molecule has 0 fully saturated rings. The van der Waals surface area contributed by atoms with Crippen LogP contribution in [0.25, 0.3) is 0 Å². The van der Waals surface area contributed by atoms with Crippen molar-refractivity contribution in [3.63, 3.8) is 0 Å². The normalized spacial score (nSPS) is 12.8. The van der Waals surface area contributed by atoms with E-state index in [0.717, 1.165) is 21.9 Å². The van der Waals surface area contributed by atoms with E-state index in [4.69, 9.17) is 4.74 Å². The van der Waals surface area contributed by atoms with Gasteiger partial charge in [0.15, 0.2) is 0 Å². The van der Waals surface area contributed by atoms with E-state index < -0.39 is 28.5 Å². The number of carbonyl (C=O) groups excluding carboxylic acids is 2. The molecule has 0 saturated heterocycles. The molecular weight excluding hydrogens is 526 g/mol. The standard InChI is InChI=1S/C31H39N3O5S/c1-7-24(4)32-31(36)25(5)33(20-26-12-11-13-27(19-26)39-6)30(35)21-34(29-18-22(2)16-17-23(29)3)40(37,38)28-14-9-8-10-15-28/h8-19,24-25H,7,20-21H2,1-6H3,(H,32,36)/t24-,25-/m1/s1. The number of rotatable bonds is 12. The number of aryl methyl sites for hydroxylation is 2. The predicted octanol–water partition coefficient (Wildman–Crippen LogP) is 4.84. The first kappa shape index (κ1) is 30.7. The van der Waals surface area contributed by atoms with Crippen molar-refractivity contribution in [1.29, 1.82) is 0 Å². The highest BCUT2D eigenvalue weighted by molar-refractivity contribution is 7.92. The average Bonchev–Trinajstić information content (AvgIpc) is 2.95. The molecule has 8 nitrogen and oxygen atoms in total. The molecule has 0 unspecified atom stereocenters. The molecule has 0 spiro atoms. The third kappa shape index (κ3) is 7.41. The van der Waals surface area contributed by atoms with E-state index >= 15 is 0 Å². The Bertz CT molecular complexity index is 1430. The summed E-state index contributed by atoms with van der Waals surface area (Å²) in [5.74, 6) is -0.199. The van der Waals surface area contributed by atoms with Gasteiger partial charge in [0.25, 0.3) is 10.0 Å². The molecule has 3 aromatic carbocycles. The first-order chi connectivity index (χ1) is 19.0. The summed E-state index contributed by atoms with van der Waals surface area (Å²) < 4.78 is 34.4. The summed E-state index contributed by atoms with van der Waals surface area (Å²) >= 11 is 0. The molecule has 0 saturated carbocycles. The fourth-order valence-electron chi connectivity index (χ4n) is 4.24. The fourth-order valence-corrected chi connectivity index (χ4v) is 5.73. The van der Waals surface area contributed by atoms with Crippen LogP contribution in [0.15, 0.2) is 77.7 Å². The summed E-state index contributed by atoms with van der Waals surface area (Å²) in [4.78, 5) is 28.7. The molecule has 3 aromatic rings. The van der Waals surface area contributed by atoms with Gasteiger partial charge in [-0.25, -0.2) is 8.42 Å². The quantitative estimate of drug-likeness (QED) is 0.339. The first-order valence-electron chi connectivity index (χ1n) is 13.4. The van der Waals surface area contributed by atoms with Crippen molar-refractivity contribution in [3.05, 3.63) is 89.5 Å². The number of carbonyl (C=O) groups is 2. The van der Waals surface area contributed by atoms with Crippen molar-refractivity contribution >= 4 is 27.5 Å². The SMILES string of the molecule is CC[C@@H](C)NC(=O)[C@@H](C)N(Cc1cccc(OC)c1)C(=O)CN(c1cc(C)ccc1C)S(=O)(=O)c1ccccc1. The van der Waals surface area contributed by atoms with E-state index in [1.54, 1.807) is 50.4 Å². The minimum Gasteiger partial charge on any atom is -0.497 e. The summed E-state index contributed by atoms with van der Waals surface area (Å²) in [6.45, 7) is 8.81. The molecule has 0 radical (unpaired) electrons. The molecule has 40 heavy (non-hydrogen) atoms. The van der Waals surface area contributed by atoms with Gasteiger partial charge in [-0.2, -0.15) is 0 Å². The highest BCUT2D eigenvalue weighted by Gasteiger charge is 2.33. The van der Waals surface area contributed by atoms with Gasteiger partial charge in [0, 0.05) is 12.6 Å². The zero-order valence-corrected chi connectivity index (χ0v) is 24.9. The van der Waals surface area contributed by atoms with Crippen LogP contribution in [0.1, 0.15) is 43.9 Å². The van der Waals surface area contributed by atoms with E-state index in [-0.39, 0.29) is 23.4 Å². The number of nitrogens with one attached hydrogen (secondary N) is 1. The summed E-state index contributed by atoms with van der Waals surface area (Å²) in [7, 11) is -2.55. The minimum absolute atomic E-state index is 0.0746. The molecule has 0 aliphatic rings. The highest BCUT2D eigenvalue weighted by Crippen LogP contribution is 2.28. The van der Waals surface area contributed by atoms with Crippen molar-refractivity contribution in [2.75, 3.05) is 18.0 Å². The predicted molar refractivity (Wildman–Crippen MR) is 158 cm³/mol. The molecule has 9 heteroatoms. The second kappa shape index (κ2) is 13.5. The Hall–Kier alpha value is -3.85. The van der Waals surface area contributed by atoms with Gasteiger partial charge in [-0.15, -0.1) is 0 Å². The third-order valence-corrected chi connectivity index (χ3v) is 8.67. The van der Waals surface area contributed by atoms with Crippen LogP contribution < -0.4 is 14.4 Å². The molecule has 2 amide bonds. The van der Waals surface area contributed by atoms with Gasteiger partial charge in [0.2, 0.25) is 11.8 Å². The Morgan fingerprint density at radius 3 is 2.30 bits per heavy atom. The number of nitrogens with zero attached hydrogens (tertiary/aromatic N) is 2. The number of hydrogen-bond donors (Lipinski definition) is 1. The van der Waals surface area contributed by atoms with Crippen LogP contribution >= 0.6 is 0 Å². The van der Waals surface area contributed by atoms with Gasteiger partial charge in [0.05, 0.1) is 17.7 Å². The number of anilines is 1. The largest absolute Gasteiger partial charge is 0.497 e. The van der Waals surface area contributed by atoms with Crippen molar-refractivity contribution in [2.24, 2.45) is 0 Å². The summed E-state index contributed by atoms with van der Waals surface area (Å²) in [6.07, 6.45) is 0.734. The summed E-state index contributed by atoms with van der Waals surface area (Å²) in [5, 5.41) is 2.94. The molecule has 214 valence electrons. The van der Waals surface area contributed by atoms with E-state index in [1.165, 1.54) is 17.0 Å². The zero-order chi connectivity index (χ0) is 29.4. The molecule has 0 aromatic heterocycles. The van der Waals surface area contributed by atoms with E-state index in [2.05, 4.69) is 5.32 Å². The van der Waals surface area contributed by atoms with E-state index in [1.807, 2.05) is 52.0 Å². The lowest BCUT2D eigenvalue weighted by atomic mass is 10.1. The lowest BCUT2D eigenvalue weighted by molar-refractivity contribution is -0.139. The number of methoxy groups -OCH3 is 1. The second-order valence-corrected chi connectivity index (χ2v) is 11.8. The maximum Gasteiger partial charge on any atom is 0.264 e. The zero-order valence-electron chi connectivity index (χ0n) is 24.0. The lowest BCUT2D eigenvalue weighted by Gasteiger charge is -2.33. The van der Waals surface area contributed by atoms with Gasteiger partial charge in [-0.05, 0) is 81.1 Å². The van der Waals surface area contributed by atoms with Crippen LogP contribution in [0.5, 0.6) is 5.75 Å². The van der Waals surface area contributed by atoms with Gasteiger partial charge in [0.1, 0.15) is 18.3 Å². The van der Waals surface area contributed by atoms with Crippen LogP contribution in [0.4, 0.5) is 5.69 Å². The van der Waals surface area contributed by atoms with Crippen molar-refractivity contribution in [1.82, 2.24) is 10.2 Å². The Balaban J connectivity index is 2.06. The maximum atomic E-state index is 14.1. The fraction of sp³-hybridized carbons (Fsp3) is 0.355. The number of sulfonamides is 1. The van der Waals surface area contributed by atoms with Crippen LogP contribution in [-0.4, -0.2) is 50.9 Å². The molecule has 1 N–H and O–H groups in total. The second-order valence-electron chi connectivity index (χ2n) is 9.98. The Morgan fingerprint density at radius 2 is 1.65 bits per heavy atom. The third-order valence-electron chi connectivity index (χ3n) is 6.90. The van der Waals surface area contributed by atoms with Crippen LogP contribution in [0.2, 0.25) is 0 Å². The van der Waals surface area contributed by atoms with Crippen LogP contribution in [-0.2, 0) is 26.2 Å². The molecule has 0 heterocycles. The molecule has 0 aliphatic heterocycles. The average molecular weight is 566 g/mol. The number of hydrogen-bond acceptors (Lipinski definition) is 5. The van der Waals surface area contributed by atoms with Crippen LogP contribution in [0.3, 0.4) is 0 Å². The molecule has 2 atom stereocenters. The summed E-state index contributed by atoms with van der Waals surface area (Å²) in [6, 6.07) is 19.8. The maximum absolute atomic E-state index is 14.1. The van der Waals surface area contributed by atoms with Crippen molar-refractivity contribution in [2.45, 2.75) is 64.6 Å². The minimum atomic E-state index is -4.11. The lowest BCUT2D eigenvalue weighted by Crippen LogP contribution is -2.52. The highest BCUT2D eigenvalue weighted by atomic mass is 32.2. The van der Waals surface area contributed by atoms with Gasteiger partial charge in [-0.1, -0.05) is 49.4 Å². The van der Waals surface area contributed by atoms with E-state index in [9.17, 15) is 18.0 Å². The Labute approximate surface area is 238 Å². The molecular formula is C31H39N3O5S. The smallest absolute Gasteiger partial charge is 0.264 e. The van der Waals surface area contributed by atoms with Gasteiger partial charge < -0.3 is 15.0 Å². The van der Waals surface area contributed by atoms with Gasteiger partial charge in [-0.3, -0.25) is 13.9 Å².